The van der Waals surface area contributed by atoms with Crippen LogP contribution >= 0.6 is 0 Å². The van der Waals surface area contributed by atoms with Gasteiger partial charge in [0.05, 0.1) is 6.17 Å². The van der Waals surface area contributed by atoms with Crippen molar-refractivity contribution < 1.29 is 0 Å². The predicted octanol–water partition coefficient (Wildman–Crippen LogP) is 2.66. The number of fused-ring (bicyclic) bond motifs is 3. The SMILES string of the molecule is CCCC1Nc2c(n3nc(CCc4ccccc4)nc3n(CC)c2=O)N1. The van der Waals surface area contributed by atoms with Crippen molar-refractivity contribution in [2.75, 3.05) is 10.6 Å². The molecule has 0 fully saturated rings. The minimum atomic E-state index is -0.0388. The minimum absolute atomic E-state index is 0.0388. The summed E-state index contributed by atoms with van der Waals surface area (Å²) in [4.78, 5) is 17.5. The number of nitrogens with one attached hydrogen (secondary N) is 2. The Morgan fingerprint density at radius 1 is 1.12 bits per heavy atom. The smallest absolute Gasteiger partial charge is 0.280 e. The van der Waals surface area contributed by atoms with E-state index >= 15 is 0 Å². The Bertz CT molecular complexity index is 975. The second-order valence-corrected chi connectivity index (χ2v) is 6.63. The highest BCUT2D eigenvalue weighted by molar-refractivity contribution is 5.72. The third kappa shape index (κ3) is 2.83. The lowest BCUT2D eigenvalue weighted by molar-refractivity contribution is 0.713. The summed E-state index contributed by atoms with van der Waals surface area (Å²) in [5, 5.41) is 11.4. The van der Waals surface area contributed by atoms with Crippen molar-refractivity contribution in [3.63, 3.8) is 0 Å². The fourth-order valence-corrected chi connectivity index (χ4v) is 3.47. The Labute approximate surface area is 152 Å². The van der Waals surface area contributed by atoms with Crippen LogP contribution in [-0.2, 0) is 19.4 Å². The van der Waals surface area contributed by atoms with Crippen LogP contribution in [0.4, 0.5) is 11.5 Å². The van der Waals surface area contributed by atoms with Gasteiger partial charge in [-0.2, -0.15) is 9.50 Å². The molecule has 2 aromatic heterocycles. The second-order valence-electron chi connectivity index (χ2n) is 6.63. The van der Waals surface area contributed by atoms with Crippen molar-refractivity contribution in [2.24, 2.45) is 0 Å². The molecule has 7 heteroatoms. The predicted molar refractivity (Wildman–Crippen MR) is 103 cm³/mol. The molecule has 4 rings (SSSR count). The molecule has 0 amide bonds. The molecule has 0 bridgehead atoms. The molecule has 136 valence electrons. The van der Waals surface area contributed by atoms with E-state index in [1.165, 1.54) is 5.56 Å². The highest BCUT2D eigenvalue weighted by Gasteiger charge is 2.27. The molecule has 3 aromatic rings. The number of aryl methyl sites for hydroxylation is 3. The lowest BCUT2D eigenvalue weighted by Gasteiger charge is -2.09. The number of nitrogens with zero attached hydrogens (tertiary/aromatic N) is 4. The Kier molecular flexibility index (Phi) is 4.36. The van der Waals surface area contributed by atoms with Gasteiger partial charge in [0, 0.05) is 13.0 Å². The minimum Gasteiger partial charge on any atom is -0.358 e. The standard InChI is InChI=1S/C19H24N6O/c1-3-8-14-20-16-17(21-14)25-19(24(4-2)18(16)26)22-15(23-25)12-11-13-9-6-5-7-10-13/h5-7,9-10,14,20-21H,3-4,8,11-12H2,1-2H3. The van der Waals surface area contributed by atoms with E-state index in [0.29, 0.717) is 18.0 Å². The molecule has 1 aromatic carbocycles. The third-order valence-corrected chi connectivity index (χ3v) is 4.79. The molecule has 26 heavy (non-hydrogen) atoms. The van der Waals surface area contributed by atoms with E-state index in [1.807, 2.05) is 25.1 Å². The Balaban J connectivity index is 1.71. The Morgan fingerprint density at radius 3 is 2.65 bits per heavy atom. The average molecular weight is 352 g/mol. The van der Waals surface area contributed by atoms with Crippen LogP contribution in [0.2, 0.25) is 0 Å². The molecule has 1 aliphatic heterocycles. The summed E-state index contributed by atoms with van der Waals surface area (Å²) < 4.78 is 3.46. The van der Waals surface area contributed by atoms with Crippen molar-refractivity contribution in [1.82, 2.24) is 19.2 Å². The van der Waals surface area contributed by atoms with Crippen molar-refractivity contribution in [3.05, 3.63) is 52.1 Å². The van der Waals surface area contributed by atoms with Crippen LogP contribution in [0.3, 0.4) is 0 Å². The second kappa shape index (κ2) is 6.82. The van der Waals surface area contributed by atoms with Crippen LogP contribution in [0.1, 0.15) is 38.1 Å². The molecule has 1 unspecified atom stereocenters. The lowest BCUT2D eigenvalue weighted by Crippen LogP contribution is -2.25. The number of hydrogen-bond donors (Lipinski definition) is 2. The molecule has 3 heterocycles. The number of anilines is 2. The van der Waals surface area contributed by atoms with Crippen LogP contribution in [0, 0.1) is 0 Å². The maximum atomic E-state index is 12.8. The van der Waals surface area contributed by atoms with Gasteiger partial charge in [-0.3, -0.25) is 9.36 Å². The number of hydrogen-bond acceptors (Lipinski definition) is 5. The monoisotopic (exact) mass is 352 g/mol. The highest BCUT2D eigenvalue weighted by atomic mass is 16.1. The van der Waals surface area contributed by atoms with Crippen LogP contribution in [0.15, 0.2) is 35.1 Å². The molecular weight excluding hydrogens is 328 g/mol. The normalized spacial score (nSPS) is 15.7. The zero-order chi connectivity index (χ0) is 18.1. The summed E-state index contributed by atoms with van der Waals surface area (Å²) >= 11 is 0. The Hall–Kier alpha value is -2.83. The fourth-order valence-electron chi connectivity index (χ4n) is 3.47. The fraction of sp³-hybridized carbons (Fsp3) is 0.421. The zero-order valence-electron chi connectivity index (χ0n) is 15.2. The summed E-state index contributed by atoms with van der Waals surface area (Å²) in [6, 6.07) is 10.3. The summed E-state index contributed by atoms with van der Waals surface area (Å²) in [5.41, 5.74) is 1.81. The topological polar surface area (TPSA) is 76.2 Å². The lowest BCUT2D eigenvalue weighted by atomic mass is 10.1. The summed E-state index contributed by atoms with van der Waals surface area (Å²) in [6.07, 6.45) is 3.65. The number of benzene rings is 1. The van der Waals surface area contributed by atoms with E-state index in [1.54, 1.807) is 9.08 Å². The molecule has 0 aliphatic carbocycles. The molecule has 2 N–H and O–H groups in total. The summed E-state index contributed by atoms with van der Waals surface area (Å²) in [6.45, 7) is 4.65. The van der Waals surface area contributed by atoms with Gasteiger partial charge in [-0.15, -0.1) is 5.10 Å². The van der Waals surface area contributed by atoms with Crippen molar-refractivity contribution in [3.8, 4) is 0 Å². The van der Waals surface area contributed by atoms with Crippen molar-refractivity contribution in [1.29, 1.82) is 0 Å². The van der Waals surface area contributed by atoms with Crippen LogP contribution in [0.25, 0.3) is 5.78 Å². The van der Waals surface area contributed by atoms with Gasteiger partial charge in [-0.1, -0.05) is 43.7 Å². The molecule has 0 saturated heterocycles. The Morgan fingerprint density at radius 2 is 1.92 bits per heavy atom. The first-order chi connectivity index (χ1) is 12.7. The molecule has 1 aliphatic rings. The highest BCUT2D eigenvalue weighted by Crippen LogP contribution is 2.27. The average Bonchev–Trinajstić information content (AvgIpc) is 3.26. The van der Waals surface area contributed by atoms with Crippen LogP contribution in [0.5, 0.6) is 0 Å². The first-order valence-corrected chi connectivity index (χ1v) is 9.30. The van der Waals surface area contributed by atoms with Gasteiger partial charge >= 0.3 is 0 Å². The summed E-state index contributed by atoms with van der Waals surface area (Å²) in [5.74, 6) is 2.09. The quantitative estimate of drug-likeness (QED) is 0.713. The number of aromatic nitrogens is 4. The molecule has 0 radical (unpaired) electrons. The largest absolute Gasteiger partial charge is 0.358 e. The maximum absolute atomic E-state index is 12.8. The third-order valence-electron chi connectivity index (χ3n) is 4.79. The van der Waals surface area contributed by atoms with Crippen LogP contribution < -0.4 is 16.2 Å². The van der Waals surface area contributed by atoms with E-state index in [2.05, 4.69) is 39.8 Å². The van der Waals surface area contributed by atoms with Gasteiger partial charge < -0.3 is 10.6 Å². The van der Waals surface area contributed by atoms with E-state index in [0.717, 1.165) is 37.3 Å². The zero-order valence-corrected chi connectivity index (χ0v) is 15.2. The van der Waals surface area contributed by atoms with E-state index in [-0.39, 0.29) is 11.7 Å². The maximum Gasteiger partial charge on any atom is 0.280 e. The van der Waals surface area contributed by atoms with Gasteiger partial charge in [0.2, 0.25) is 5.78 Å². The summed E-state index contributed by atoms with van der Waals surface area (Å²) in [7, 11) is 0. The van der Waals surface area contributed by atoms with Crippen LogP contribution in [-0.4, -0.2) is 25.3 Å². The first-order valence-electron chi connectivity index (χ1n) is 9.30. The van der Waals surface area contributed by atoms with E-state index < -0.39 is 0 Å². The molecule has 1 atom stereocenters. The molecule has 7 nitrogen and oxygen atoms in total. The van der Waals surface area contributed by atoms with Gasteiger partial charge in [-0.05, 0) is 25.3 Å². The van der Waals surface area contributed by atoms with E-state index in [4.69, 9.17) is 0 Å². The van der Waals surface area contributed by atoms with Gasteiger partial charge in [0.15, 0.2) is 11.6 Å². The first kappa shape index (κ1) is 16.6. The molecule has 0 saturated carbocycles. The van der Waals surface area contributed by atoms with Gasteiger partial charge in [0.25, 0.3) is 5.56 Å². The number of rotatable bonds is 6. The van der Waals surface area contributed by atoms with Gasteiger partial charge in [-0.25, -0.2) is 0 Å². The van der Waals surface area contributed by atoms with Gasteiger partial charge in [0.1, 0.15) is 5.69 Å². The van der Waals surface area contributed by atoms with E-state index in [9.17, 15) is 4.79 Å². The molecule has 0 spiro atoms. The molecular formula is C19H24N6O. The van der Waals surface area contributed by atoms with Crippen molar-refractivity contribution in [2.45, 2.75) is 52.2 Å². The van der Waals surface area contributed by atoms with Crippen molar-refractivity contribution >= 4 is 17.3 Å².